The number of nitrogens with zero attached hydrogens (tertiary/aromatic N) is 2. The van der Waals surface area contributed by atoms with Crippen molar-refractivity contribution < 1.29 is 22.7 Å². The molecule has 0 fully saturated rings. The van der Waals surface area contributed by atoms with Gasteiger partial charge in [0.15, 0.2) is 0 Å². The van der Waals surface area contributed by atoms with Crippen LogP contribution < -0.4 is 14.4 Å². The first-order valence-corrected chi connectivity index (χ1v) is 17.5. The highest BCUT2D eigenvalue weighted by Crippen LogP contribution is 2.28. The molecule has 0 aliphatic heterocycles. The second-order valence-corrected chi connectivity index (χ2v) is 14.0. The summed E-state index contributed by atoms with van der Waals surface area (Å²) in [5, 5.41) is 3.39. The highest BCUT2D eigenvalue weighted by molar-refractivity contribution is 7.92. The molecule has 248 valence electrons. The zero-order valence-electron chi connectivity index (χ0n) is 27.2. The number of aryl methyl sites for hydroxylation is 1. The van der Waals surface area contributed by atoms with Crippen LogP contribution in [0.15, 0.2) is 108 Å². The van der Waals surface area contributed by atoms with Crippen molar-refractivity contribution in [3.8, 4) is 5.75 Å². The number of anilines is 1. The van der Waals surface area contributed by atoms with Gasteiger partial charge in [-0.1, -0.05) is 85.6 Å². The zero-order valence-corrected chi connectivity index (χ0v) is 28.8. The van der Waals surface area contributed by atoms with Gasteiger partial charge in [0, 0.05) is 24.5 Å². The van der Waals surface area contributed by atoms with Crippen LogP contribution in [0, 0.1) is 12.8 Å². The number of halogens is 1. The molecule has 10 heteroatoms. The highest BCUT2D eigenvalue weighted by atomic mass is 35.5. The second kappa shape index (κ2) is 16.5. The molecule has 4 rings (SSSR count). The van der Waals surface area contributed by atoms with Crippen LogP contribution in [-0.2, 0) is 32.6 Å². The number of amides is 2. The molecule has 47 heavy (non-hydrogen) atoms. The predicted molar refractivity (Wildman–Crippen MR) is 187 cm³/mol. The van der Waals surface area contributed by atoms with Crippen molar-refractivity contribution in [1.82, 2.24) is 10.2 Å². The summed E-state index contributed by atoms with van der Waals surface area (Å²) in [5.74, 6) is -0.0792. The maximum atomic E-state index is 14.6. The molecule has 1 N–H and O–H groups in total. The van der Waals surface area contributed by atoms with E-state index in [-0.39, 0.29) is 35.4 Å². The maximum absolute atomic E-state index is 14.6. The predicted octanol–water partition coefficient (Wildman–Crippen LogP) is 6.65. The van der Waals surface area contributed by atoms with Gasteiger partial charge in [0.25, 0.3) is 10.0 Å². The lowest BCUT2D eigenvalue weighted by Gasteiger charge is -2.34. The zero-order chi connectivity index (χ0) is 34.0. The van der Waals surface area contributed by atoms with Gasteiger partial charge in [0.1, 0.15) is 18.3 Å². The minimum absolute atomic E-state index is 0.0238. The lowest BCUT2D eigenvalue weighted by molar-refractivity contribution is -0.140. The van der Waals surface area contributed by atoms with Crippen LogP contribution in [0.25, 0.3) is 0 Å². The van der Waals surface area contributed by atoms with Gasteiger partial charge in [0.05, 0.1) is 17.2 Å². The van der Waals surface area contributed by atoms with Gasteiger partial charge in [-0.3, -0.25) is 13.9 Å². The van der Waals surface area contributed by atoms with E-state index in [2.05, 4.69) is 5.32 Å². The van der Waals surface area contributed by atoms with E-state index in [1.54, 1.807) is 24.3 Å². The number of nitrogens with one attached hydrogen (secondary N) is 1. The molecule has 1 atom stereocenters. The molecule has 2 amide bonds. The minimum atomic E-state index is -4.24. The Morgan fingerprint density at radius 1 is 0.872 bits per heavy atom. The van der Waals surface area contributed by atoms with Gasteiger partial charge in [-0.05, 0) is 79.4 Å². The molecule has 0 heterocycles. The largest absolute Gasteiger partial charge is 0.494 e. The Labute approximate surface area is 283 Å². The topological polar surface area (TPSA) is 96.0 Å². The van der Waals surface area contributed by atoms with E-state index in [1.165, 1.54) is 29.2 Å². The lowest BCUT2D eigenvalue weighted by atomic mass is 10.0. The van der Waals surface area contributed by atoms with E-state index < -0.39 is 28.5 Å². The Hall–Kier alpha value is -4.34. The molecule has 4 aromatic rings. The molecular formula is C37H42ClN3O5S. The van der Waals surface area contributed by atoms with Gasteiger partial charge < -0.3 is 15.0 Å². The van der Waals surface area contributed by atoms with E-state index in [0.29, 0.717) is 23.9 Å². The lowest BCUT2D eigenvalue weighted by Crippen LogP contribution is -2.53. The van der Waals surface area contributed by atoms with Crippen molar-refractivity contribution in [2.24, 2.45) is 5.92 Å². The number of hydrogen-bond acceptors (Lipinski definition) is 5. The van der Waals surface area contributed by atoms with Crippen LogP contribution in [0.1, 0.15) is 37.5 Å². The van der Waals surface area contributed by atoms with E-state index >= 15 is 0 Å². The molecule has 8 nitrogen and oxygen atoms in total. The molecule has 0 saturated carbocycles. The van der Waals surface area contributed by atoms with Crippen molar-refractivity contribution in [2.45, 2.75) is 51.6 Å². The number of benzene rings is 4. The van der Waals surface area contributed by atoms with Crippen LogP contribution in [0.5, 0.6) is 5.75 Å². The van der Waals surface area contributed by atoms with Crippen molar-refractivity contribution >= 4 is 39.1 Å². The summed E-state index contributed by atoms with van der Waals surface area (Å²) < 4.78 is 35.0. The number of ether oxygens (including phenoxy) is 1. The van der Waals surface area contributed by atoms with Gasteiger partial charge in [-0.15, -0.1) is 0 Å². The molecule has 0 bridgehead atoms. The fraction of sp³-hybridized carbons (Fsp3) is 0.297. The van der Waals surface area contributed by atoms with Crippen LogP contribution in [-0.4, -0.2) is 50.9 Å². The van der Waals surface area contributed by atoms with Crippen molar-refractivity contribution in [3.05, 3.63) is 125 Å². The molecule has 0 aromatic heterocycles. The summed E-state index contributed by atoms with van der Waals surface area (Å²) in [6.07, 6.45) is 0.245. The average molecular weight is 676 g/mol. The molecule has 1 unspecified atom stereocenters. The number of hydrogen-bond donors (Lipinski definition) is 1. The number of carbonyl (C=O) groups is 2. The third-order valence-corrected chi connectivity index (χ3v) is 9.55. The Morgan fingerprint density at radius 2 is 1.53 bits per heavy atom. The van der Waals surface area contributed by atoms with Crippen molar-refractivity contribution in [1.29, 1.82) is 0 Å². The van der Waals surface area contributed by atoms with Crippen LogP contribution >= 0.6 is 11.6 Å². The van der Waals surface area contributed by atoms with Gasteiger partial charge in [0.2, 0.25) is 11.8 Å². The minimum Gasteiger partial charge on any atom is -0.494 e. The molecule has 0 spiro atoms. The summed E-state index contributed by atoms with van der Waals surface area (Å²) in [7, 11) is -4.24. The van der Waals surface area contributed by atoms with Gasteiger partial charge in [-0.2, -0.15) is 0 Å². The fourth-order valence-electron chi connectivity index (χ4n) is 5.12. The Bertz CT molecular complexity index is 1730. The Balaban J connectivity index is 1.80. The first-order chi connectivity index (χ1) is 22.5. The normalized spacial score (nSPS) is 12.0. The number of carbonyl (C=O) groups excluding carboxylic acids is 2. The van der Waals surface area contributed by atoms with Crippen LogP contribution in [0.2, 0.25) is 5.02 Å². The molecule has 0 aliphatic rings. The standard InChI is InChI=1S/C37H42ClN3O5S/c1-5-46-33-18-16-32(17-19-33)41(47(44,45)34-20-14-31(38)15-21-34)26-36(42)40(25-30-13-9-10-28(4)22-30)35(37(43)39-24-27(2)3)23-29-11-7-6-8-12-29/h6-22,27,35H,5,23-26H2,1-4H3,(H,39,43). The SMILES string of the molecule is CCOc1ccc(N(CC(=O)N(Cc2cccc(C)c2)C(Cc2ccccc2)C(=O)NCC(C)C)S(=O)(=O)c2ccc(Cl)cc2)cc1. The molecule has 0 aliphatic carbocycles. The summed E-state index contributed by atoms with van der Waals surface area (Å²) >= 11 is 6.07. The van der Waals surface area contributed by atoms with E-state index in [0.717, 1.165) is 21.0 Å². The third kappa shape index (κ3) is 9.83. The van der Waals surface area contributed by atoms with Crippen molar-refractivity contribution in [2.75, 3.05) is 24.0 Å². The molecule has 0 saturated heterocycles. The van der Waals surface area contributed by atoms with Crippen molar-refractivity contribution in [3.63, 3.8) is 0 Å². The van der Waals surface area contributed by atoms with Gasteiger partial charge >= 0.3 is 0 Å². The maximum Gasteiger partial charge on any atom is 0.264 e. The summed E-state index contributed by atoms with van der Waals surface area (Å²) in [6.45, 7) is 8.24. The van der Waals surface area contributed by atoms with Crippen LogP contribution in [0.3, 0.4) is 0 Å². The average Bonchev–Trinajstić information content (AvgIpc) is 3.05. The third-order valence-electron chi connectivity index (χ3n) is 7.51. The first-order valence-electron chi connectivity index (χ1n) is 15.7. The van der Waals surface area contributed by atoms with Crippen LogP contribution in [0.4, 0.5) is 5.69 Å². The fourth-order valence-corrected chi connectivity index (χ4v) is 6.66. The molecular weight excluding hydrogens is 634 g/mol. The summed E-state index contributed by atoms with van der Waals surface area (Å²) in [4.78, 5) is 30.0. The second-order valence-electron chi connectivity index (χ2n) is 11.7. The van der Waals surface area contributed by atoms with Gasteiger partial charge in [-0.25, -0.2) is 8.42 Å². The Morgan fingerprint density at radius 3 is 2.15 bits per heavy atom. The van der Waals surface area contributed by atoms with E-state index in [4.69, 9.17) is 16.3 Å². The van der Waals surface area contributed by atoms with E-state index in [9.17, 15) is 18.0 Å². The quantitative estimate of drug-likeness (QED) is 0.152. The first kappa shape index (κ1) is 35.5. The smallest absolute Gasteiger partial charge is 0.264 e. The highest BCUT2D eigenvalue weighted by Gasteiger charge is 2.34. The molecule has 0 radical (unpaired) electrons. The summed E-state index contributed by atoms with van der Waals surface area (Å²) in [6, 6.07) is 28.6. The Kier molecular flexibility index (Phi) is 12.4. The number of rotatable bonds is 15. The molecule has 4 aromatic carbocycles. The monoisotopic (exact) mass is 675 g/mol. The number of sulfonamides is 1. The van der Waals surface area contributed by atoms with E-state index in [1.807, 2.05) is 82.3 Å². The summed E-state index contributed by atoms with van der Waals surface area (Å²) in [5.41, 5.74) is 2.97.